The van der Waals surface area contributed by atoms with E-state index in [1.807, 2.05) is 13.8 Å². The second-order valence-corrected chi connectivity index (χ2v) is 7.69. The Kier molecular flexibility index (Phi) is 6.75. The molecule has 0 unspecified atom stereocenters. The van der Waals surface area contributed by atoms with Crippen molar-refractivity contribution in [2.45, 2.75) is 26.4 Å². The minimum absolute atomic E-state index is 0.0734. The predicted molar refractivity (Wildman–Crippen MR) is 110 cm³/mol. The van der Waals surface area contributed by atoms with Gasteiger partial charge in [-0.1, -0.05) is 11.6 Å². The average Bonchev–Trinajstić information content (AvgIpc) is 2.95. The van der Waals surface area contributed by atoms with Crippen LogP contribution in [0.2, 0.25) is 5.02 Å². The molecule has 5 nitrogen and oxygen atoms in total. The van der Waals surface area contributed by atoms with Gasteiger partial charge in [0, 0.05) is 36.8 Å². The van der Waals surface area contributed by atoms with Gasteiger partial charge in [-0.3, -0.25) is 9.59 Å². The maximum absolute atomic E-state index is 13.1. The molecule has 1 heterocycles. The largest absolute Gasteiger partial charge is 0.490 e. The zero-order valence-electron chi connectivity index (χ0n) is 16.5. The molecule has 29 heavy (non-hydrogen) atoms. The van der Waals surface area contributed by atoms with Gasteiger partial charge in [0.25, 0.3) is 11.8 Å². The minimum Gasteiger partial charge on any atom is -0.490 e. The number of hydrogen-bond acceptors (Lipinski definition) is 3. The fourth-order valence-corrected chi connectivity index (χ4v) is 3.47. The molecule has 0 N–H and O–H groups in total. The molecule has 0 aromatic heterocycles. The van der Waals surface area contributed by atoms with Gasteiger partial charge in [0.2, 0.25) is 0 Å². The molecule has 2 aromatic carbocycles. The van der Waals surface area contributed by atoms with Crippen LogP contribution in [0.1, 0.15) is 41.0 Å². The number of carbonyl (C=O) groups is 2. The zero-order chi connectivity index (χ0) is 21.0. The lowest BCUT2D eigenvalue weighted by Crippen LogP contribution is -2.37. The number of nitrogens with zero attached hydrogens (tertiary/aromatic N) is 2. The molecule has 0 aliphatic carbocycles. The summed E-state index contributed by atoms with van der Waals surface area (Å²) in [6.07, 6.45) is 0.579. The van der Waals surface area contributed by atoms with E-state index in [-0.39, 0.29) is 23.7 Å². The van der Waals surface area contributed by atoms with Gasteiger partial charge in [0.05, 0.1) is 11.7 Å². The van der Waals surface area contributed by atoms with Gasteiger partial charge < -0.3 is 14.5 Å². The van der Waals surface area contributed by atoms with E-state index in [9.17, 15) is 14.0 Å². The van der Waals surface area contributed by atoms with Crippen LogP contribution in [0.4, 0.5) is 4.39 Å². The summed E-state index contributed by atoms with van der Waals surface area (Å²) in [7, 11) is 0. The molecule has 1 saturated heterocycles. The average molecular weight is 419 g/mol. The number of carbonyl (C=O) groups excluding carboxylic acids is 2. The Morgan fingerprint density at radius 3 is 2.21 bits per heavy atom. The highest BCUT2D eigenvalue weighted by atomic mass is 35.5. The highest BCUT2D eigenvalue weighted by Gasteiger charge is 2.25. The Balaban J connectivity index is 1.72. The second kappa shape index (κ2) is 9.27. The maximum Gasteiger partial charge on any atom is 0.257 e. The van der Waals surface area contributed by atoms with E-state index in [4.69, 9.17) is 16.3 Å². The Bertz CT molecular complexity index is 886. The van der Waals surface area contributed by atoms with Crippen molar-refractivity contribution in [1.82, 2.24) is 9.80 Å². The Morgan fingerprint density at radius 2 is 1.59 bits per heavy atom. The minimum atomic E-state index is -0.380. The van der Waals surface area contributed by atoms with Gasteiger partial charge in [0.15, 0.2) is 0 Å². The molecule has 1 fully saturated rings. The standard InChI is InChI=1S/C22H24ClFN2O3/c1-15(2)29-20-9-6-17(23)14-19(20)22(28)26-11-3-10-25(12-13-26)21(27)16-4-7-18(24)8-5-16/h4-9,14-15H,3,10-13H2,1-2H3. The first kappa shape index (κ1) is 21.1. The van der Waals surface area contributed by atoms with Gasteiger partial charge in [-0.25, -0.2) is 4.39 Å². The van der Waals surface area contributed by atoms with Crippen LogP contribution in [0.3, 0.4) is 0 Å². The maximum atomic E-state index is 13.1. The lowest BCUT2D eigenvalue weighted by molar-refractivity contribution is 0.0715. The fraction of sp³-hybridized carbons (Fsp3) is 0.364. The zero-order valence-corrected chi connectivity index (χ0v) is 17.3. The Morgan fingerprint density at radius 1 is 0.966 bits per heavy atom. The molecule has 0 radical (unpaired) electrons. The highest BCUT2D eigenvalue weighted by molar-refractivity contribution is 6.31. The number of halogens is 2. The summed E-state index contributed by atoms with van der Waals surface area (Å²) in [5, 5.41) is 0.465. The first-order valence-electron chi connectivity index (χ1n) is 9.65. The third-order valence-electron chi connectivity index (χ3n) is 4.70. The molecule has 0 bridgehead atoms. The fourth-order valence-electron chi connectivity index (χ4n) is 3.30. The number of amides is 2. The quantitative estimate of drug-likeness (QED) is 0.745. The van der Waals surface area contributed by atoms with Crippen LogP contribution in [0, 0.1) is 5.82 Å². The Hall–Kier alpha value is -2.60. The van der Waals surface area contributed by atoms with Crippen molar-refractivity contribution >= 4 is 23.4 Å². The smallest absolute Gasteiger partial charge is 0.257 e. The lowest BCUT2D eigenvalue weighted by atomic mass is 10.1. The van der Waals surface area contributed by atoms with E-state index < -0.39 is 0 Å². The predicted octanol–water partition coefficient (Wildman–Crippen LogP) is 4.25. The normalized spacial score (nSPS) is 14.7. The van der Waals surface area contributed by atoms with Crippen molar-refractivity contribution in [2.75, 3.05) is 26.2 Å². The molecule has 2 amide bonds. The van der Waals surface area contributed by atoms with Crippen molar-refractivity contribution in [2.24, 2.45) is 0 Å². The summed E-state index contributed by atoms with van der Waals surface area (Å²) >= 11 is 6.11. The molecule has 7 heteroatoms. The van der Waals surface area contributed by atoms with E-state index in [2.05, 4.69) is 0 Å². The summed E-state index contributed by atoms with van der Waals surface area (Å²) in [5.74, 6) is -0.210. The van der Waals surface area contributed by atoms with Crippen molar-refractivity contribution in [3.63, 3.8) is 0 Å². The number of ether oxygens (including phenoxy) is 1. The summed E-state index contributed by atoms with van der Waals surface area (Å²) in [5.41, 5.74) is 0.859. The van der Waals surface area contributed by atoms with Crippen molar-refractivity contribution in [1.29, 1.82) is 0 Å². The van der Waals surface area contributed by atoms with E-state index >= 15 is 0 Å². The summed E-state index contributed by atoms with van der Waals surface area (Å²) in [6, 6.07) is 10.5. The molecule has 0 saturated carbocycles. The van der Waals surface area contributed by atoms with E-state index in [0.29, 0.717) is 54.5 Å². The third kappa shape index (κ3) is 5.26. The van der Waals surface area contributed by atoms with Gasteiger partial charge in [-0.15, -0.1) is 0 Å². The van der Waals surface area contributed by atoms with Gasteiger partial charge in [-0.05, 0) is 62.7 Å². The Labute approximate surface area is 175 Å². The first-order valence-corrected chi connectivity index (χ1v) is 10.0. The topological polar surface area (TPSA) is 49.9 Å². The second-order valence-electron chi connectivity index (χ2n) is 7.25. The molecule has 3 rings (SSSR count). The van der Waals surface area contributed by atoms with Gasteiger partial charge in [0.1, 0.15) is 11.6 Å². The van der Waals surface area contributed by atoms with Crippen LogP contribution in [0.15, 0.2) is 42.5 Å². The van der Waals surface area contributed by atoms with Crippen molar-refractivity contribution < 1.29 is 18.7 Å². The van der Waals surface area contributed by atoms with E-state index in [1.54, 1.807) is 28.0 Å². The lowest BCUT2D eigenvalue weighted by Gasteiger charge is -2.23. The molecular formula is C22H24ClFN2O3. The van der Waals surface area contributed by atoms with Gasteiger partial charge >= 0.3 is 0 Å². The van der Waals surface area contributed by atoms with Crippen LogP contribution in [0.25, 0.3) is 0 Å². The molecule has 2 aromatic rings. The summed E-state index contributed by atoms with van der Waals surface area (Å²) in [4.78, 5) is 29.2. The van der Waals surface area contributed by atoms with Crippen LogP contribution >= 0.6 is 11.6 Å². The van der Waals surface area contributed by atoms with Gasteiger partial charge in [-0.2, -0.15) is 0 Å². The van der Waals surface area contributed by atoms with Crippen LogP contribution < -0.4 is 4.74 Å². The number of hydrogen-bond donors (Lipinski definition) is 0. The molecular weight excluding hydrogens is 395 g/mol. The molecule has 1 aliphatic heterocycles. The van der Waals surface area contributed by atoms with E-state index in [0.717, 1.165) is 0 Å². The summed E-state index contributed by atoms with van der Waals surface area (Å²) in [6.45, 7) is 5.66. The van der Waals surface area contributed by atoms with Crippen molar-refractivity contribution in [3.05, 3.63) is 64.4 Å². The third-order valence-corrected chi connectivity index (χ3v) is 4.93. The van der Waals surface area contributed by atoms with Crippen LogP contribution in [-0.4, -0.2) is 53.9 Å². The first-order chi connectivity index (χ1) is 13.8. The monoisotopic (exact) mass is 418 g/mol. The summed E-state index contributed by atoms with van der Waals surface area (Å²) < 4.78 is 18.9. The van der Waals surface area contributed by atoms with Crippen LogP contribution in [0.5, 0.6) is 5.75 Å². The number of rotatable bonds is 4. The molecule has 1 aliphatic rings. The van der Waals surface area contributed by atoms with E-state index in [1.165, 1.54) is 24.3 Å². The number of benzene rings is 2. The molecule has 0 spiro atoms. The SMILES string of the molecule is CC(C)Oc1ccc(Cl)cc1C(=O)N1CCCN(C(=O)c2ccc(F)cc2)CC1. The molecule has 154 valence electrons. The highest BCUT2D eigenvalue weighted by Crippen LogP contribution is 2.26. The van der Waals surface area contributed by atoms with Crippen LogP contribution in [-0.2, 0) is 0 Å². The van der Waals surface area contributed by atoms with Crippen molar-refractivity contribution in [3.8, 4) is 5.75 Å². The molecule has 0 atom stereocenters.